The lowest BCUT2D eigenvalue weighted by Gasteiger charge is -2.49. The Labute approximate surface area is 361 Å². The van der Waals surface area contributed by atoms with E-state index in [-0.39, 0.29) is 23.6 Å². The average Bonchev–Trinajstić information content (AvgIpc) is 3.23. The van der Waals surface area contributed by atoms with Crippen molar-refractivity contribution in [3.05, 3.63) is 88.9 Å². The Morgan fingerprint density at radius 2 is 1.73 bits per heavy atom. The van der Waals surface area contributed by atoms with Crippen molar-refractivity contribution in [2.45, 2.75) is 77.5 Å². The Morgan fingerprint density at radius 1 is 0.935 bits per heavy atom. The molecule has 16 heteroatoms. The molecule has 0 radical (unpaired) electrons. The van der Waals surface area contributed by atoms with Crippen LogP contribution >= 0.6 is 0 Å². The fourth-order valence-corrected chi connectivity index (χ4v) is 9.02. The Hall–Kier alpha value is -6.29. The van der Waals surface area contributed by atoms with Crippen molar-refractivity contribution >= 4 is 52.5 Å². The van der Waals surface area contributed by atoms with E-state index in [9.17, 15) is 19.2 Å². The van der Waals surface area contributed by atoms with E-state index >= 15 is 0 Å². The predicted octanol–water partition coefficient (Wildman–Crippen LogP) is 4.72. The third-order valence-corrected chi connectivity index (χ3v) is 12.5. The Bertz CT molecular complexity index is 2370. The highest BCUT2D eigenvalue weighted by atomic mass is 16.6. The summed E-state index contributed by atoms with van der Waals surface area (Å²) in [5.41, 5.74) is 7.65. The normalized spacial score (nSPS) is 19.5. The number of aromatic nitrogens is 3. The summed E-state index contributed by atoms with van der Waals surface area (Å²) in [5, 5.41) is 5.81. The second-order valence-electron chi connectivity index (χ2n) is 17.8. The molecule has 0 aliphatic carbocycles. The molecule has 324 valence electrons. The standard InChI is InChI=1S/C46H54N10O6/c1-29-38(25-47-43-41(29)56(20-21-61-43)45(60)62-46(2,3)4)54-15-14-32-24-48-44(50-37(32)28-54)49-33-10-8-30(9-11-33)22-40(58)53-18-16-52(17-19-53)35-26-55(27-35)34-7-5-6-31(23-34)36-12-13-39(57)51-42(36)59/h5-11,23-25,35-36H,12-22,26-28H2,1-4H3,(H,48,49,50)(H,51,57,59). The van der Waals surface area contributed by atoms with E-state index in [0.29, 0.717) is 75.6 Å². The van der Waals surface area contributed by atoms with Gasteiger partial charge in [-0.1, -0.05) is 24.3 Å². The lowest BCUT2D eigenvalue weighted by atomic mass is 9.90. The van der Waals surface area contributed by atoms with E-state index < -0.39 is 11.7 Å². The largest absolute Gasteiger partial charge is 0.474 e. The van der Waals surface area contributed by atoms with Crippen molar-refractivity contribution in [3.63, 3.8) is 0 Å². The molecule has 9 rings (SSSR count). The number of imide groups is 1. The van der Waals surface area contributed by atoms with Crippen LogP contribution in [0, 0.1) is 6.92 Å². The number of carbonyl (C=O) groups is 4. The van der Waals surface area contributed by atoms with Gasteiger partial charge in [0.05, 0.1) is 43.0 Å². The number of hydrogen-bond acceptors (Lipinski definition) is 13. The van der Waals surface area contributed by atoms with Crippen molar-refractivity contribution in [3.8, 4) is 5.88 Å². The monoisotopic (exact) mass is 842 g/mol. The van der Waals surface area contributed by atoms with Crippen LogP contribution < -0.4 is 30.1 Å². The minimum absolute atomic E-state index is 0.128. The lowest BCUT2D eigenvalue weighted by molar-refractivity contribution is -0.134. The molecule has 1 atom stereocenters. The number of pyridine rings is 1. The van der Waals surface area contributed by atoms with Crippen LogP contribution in [0.3, 0.4) is 0 Å². The number of amides is 4. The lowest BCUT2D eigenvalue weighted by Crippen LogP contribution is -2.63. The zero-order valence-electron chi connectivity index (χ0n) is 35.9. The van der Waals surface area contributed by atoms with Gasteiger partial charge in [0, 0.05) is 81.4 Å². The smallest absolute Gasteiger partial charge is 0.415 e. The van der Waals surface area contributed by atoms with E-state index in [4.69, 9.17) is 14.5 Å². The zero-order chi connectivity index (χ0) is 43.1. The van der Waals surface area contributed by atoms with Crippen LogP contribution in [-0.2, 0) is 38.5 Å². The van der Waals surface area contributed by atoms with E-state index in [1.165, 1.54) is 0 Å². The number of fused-ring (bicyclic) bond motifs is 2. The highest BCUT2D eigenvalue weighted by Crippen LogP contribution is 2.40. The molecule has 0 saturated carbocycles. The van der Waals surface area contributed by atoms with Gasteiger partial charge >= 0.3 is 6.09 Å². The van der Waals surface area contributed by atoms with Gasteiger partial charge in [-0.2, -0.15) is 0 Å². The molecule has 4 amide bonds. The summed E-state index contributed by atoms with van der Waals surface area (Å²) in [7, 11) is 0. The molecule has 5 aliphatic rings. The maximum Gasteiger partial charge on any atom is 0.415 e. The molecule has 2 aromatic carbocycles. The minimum Gasteiger partial charge on any atom is -0.474 e. The zero-order valence-corrected chi connectivity index (χ0v) is 35.9. The molecule has 7 heterocycles. The summed E-state index contributed by atoms with van der Waals surface area (Å²) in [5.74, 6) is 0.349. The maximum absolute atomic E-state index is 13.4. The first-order valence-corrected chi connectivity index (χ1v) is 21.6. The fourth-order valence-electron chi connectivity index (χ4n) is 9.02. The first-order chi connectivity index (χ1) is 29.8. The molecule has 4 aromatic rings. The van der Waals surface area contributed by atoms with Gasteiger partial charge in [-0.15, -0.1) is 0 Å². The topological polar surface area (TPSA) is 166 Å². The molecular weight excluding hydrogens is 789 g/mol. The third-order valence-electron chi connectivity index (χ3n) is 12.5. The highest BCUT2D eigenvalue weighted by molar-refractivity contribution is 6.01. The van der Waals surface area contributed by atoms with Crippen LogP contribution in [0.25, 0.3) is 0 Å². The average molecular weight is 843 g/mol. The van der Waals surface area contributed by atoms with E-state index in [0.717, 1.165) is 84.2 Å². The van der Waals surface area contributed by atoms with Crippen molar-refractivity contribution in [2.24, 2.45) is 0 Å². The molecule has 0 bridgehead atoms. The molecular formula is C46H54N10O6. The maximum atomic E-state index is 13.4. The van der Waals surface area contributed by atoms with Crippen molar-refractivity contribution < 1.29 is 28.7 Å². The molecule has 2 aromatic heterocycles. The molecule has 1 unspecified atom stereocenters. The summed E-state index contributed by atoms with van der Waals surface area (Å²) in [6.45, 7) is 14.5. The summed E-state index contributed by atoms with van der Waals surface area (Å²) < 4.78 is 11.6. The summed E-state index contributed by atoms with van der Waals surface area (Å²) in [4.78, 5) is 75.4. The first-order valence-electron chi connectivity index (χ1n) is 21.6. The number of anilines is 5. The number of piperazine rings is 1. The molecule has 3 fully saturated rings. The Morgan fingerprint density at radius 3 is 2.48 bits per heavy atom. The number of carbonyl (C=O) groups excluding carboxylic acids is 4. The second-order valence-corrected chi connectivity index (χ2v) is 17.8. The van der Waals surface area contributed by atoms with Gasteiger partial charge in [0.25, 0.3) is 0 Å². The molecule has 62 heavy (non-hydrogen) atoms. The molecule has 2 N–H and O–H groups in total. The van der Waals surface area contributed by atoms with Gasteiger partial charge in [-0.25, -0.2) is 19.7 Å². The van der Waals surface area contributed by atoms with Gasteiger partial charge in [-0.05, 0) is 81.5 Å². The van der Waals surface area contributed by atoms with Crippen molar-refractivity contribution in [1.82, 2.24) is 30.1 Å². The van der Waals surface area contributed by atoms with Gasteiger partial charge in [0.2, 0.25) is 29.5 Å². The number of rotatable bonds is 8. The van der Waals surface area contributed by atoms with Crippen molar-refractivity contribution in [2.75, 3.05) is 79.0 Å². The first kappa shape index (κ1) is 41.1. The summed E-state index contributed by atoms with van der Waals surface area (Å²) >= 11 is 0. The number of nitrogens with zero attached hydrogens (tertiary/aromatic N) is 8. The fraction of sp³-hybridized carbons (Fsp3) is 0.457. The number of benzene rings is 2. The van der Waals surface area contributed by atoms with Gasteiger partial charge in [0.1, 0.15) is 17.9 Å². The molecule has 3 saturated heterocycles. The third kappa shape index (κ3) is 8.73. The van der Waals surface area contributed by atoms with Crippen molar-refractivity contribution in [1.29, 1.82) is 0 Å². The van der Waals surface area contributed by atoms with Crippen LogP contribution in [0.2, 0.25) is 0 Å². The van der Waals surface area contributed by atoms with E-state index in [2.05, 4.69) is 47.4 Å². The van der Waals surface area contributed by atoms with Crippen LogP contribution in [0.1, 0.15) is 67.5 Å². The molecule has 0 spiro atoms. The van der Waals surface area contributed by atoms with Gasteiger partial charge < -0.3 is 29.5 Å². The van der Waals surface area contributed by atoms with Gasteiger partial charge in [0.15, 0.2) is 0 Å². The Kier molecular flexibility index (Phi) is 11.2. The minimum atomic E-state index is -0.628. The number of piperidine rings is 1. The summed E-state index contributed by atoms with van der Waals surface area (Å²) in [6.07, 6.45) is 5.29. The van der Waals surface area contributed by atoms with Crippen LogP contribution in [0.5, 0.6) is 5.88 Å². The van der Waals surface area contributed by atoms with Crippen LogP contribution in [-0.4, -0.2) is 119 Å². The highest BCUT2D eigenvalue weighted by Gasteiger charge is 2.36. The van der Waals surface area contributed by atoms with E-state index in [1.807, 2.05) is 81.4 Å². The summed E-state index contributed by atoms with van der Waals surface area (Å²) in [6, 6.07) is 16.4. The number of ether oxygens (including phenoxy) is 2. The van der Waals surface area contributed by atoms with Gasteiger partial charge in [-0.3, -0.25) is 29.5 Å². The number of nitrogens with one attached hydrogen (secondary N) is 2. The second kappa shape index (κ2) is 16.9. The van der Waals surface area contributed by atoms with Crippen LogP contribution in [0.15, 0.2) is 60.9 Å². The van der Waals surface area contributed by atoms with E-state index in [1.54, 1.807) is 4.90 Å². The van der Waals surface area contributed by atoms with Crippen LogP contribution in [0.4, 0.5) is 33.5 Å². The molecule has 5 aliphatic heterocycles. The molecule has 16 nitrogen and oxygen atoms in total. The SMILES string of the molecule is Cc1c(N2CCc3cnc(Nc4ccc(CC(=O)N5CCN(C6CN(c7cccc(C8CCC(=O)NC8=O)c7)C6)CC5)cc4)nc3C2)cnc2c1N(C(=O)OC(C)(C)C)CCO2. The number of hydrogen-bond donors (Lipinski definition) is 2. The predicted molar refractivity (Wildman–Crippen MR) is 234 cm³/mol. The quantitative estimate of drug-likeness (QED) is 0.235. The Balaban J connectivity index is 0.754.